The minimum atomic E-state index is -1.05. The van der Waals surface area contributed by atoms with Gasteiger partial charge in [-0.15, -0.1) is 0 Å². The summed E-state index contributed by atoms with van der Waals surface area (Å²) in [4.78, 5) is 48.4. The Hall–Kier alpha value is -2.20. The quantitative estimate of drug-likeness (QED) is 0.267. The van der Waals surface area contributed by atoms with Gasteiger partial charge in [-0.1, -0.05) is 0 Å². The van der Waals surface area contributed by atoms with Crippen molar-refractivity contribution in [2.24, 2.45) is 17.2 Å². The number of nitrogens with one attached hydrogen (secondary N) is 1. The molecule has 8 N–H and O–H groups in total. The fraction of sp³-hybridized carbons (Fsp3) is 0.750. The lowest BCUT2D eigenvalue weighted by molar-refractivity contribution is -0.149. The molecule has 10 heteroatoms. The zero-order valence-corrected chi connectivity index (χ0v) is 14.9. The molecule has 3 atom stereocenters. The number of unbranched alkanes of at least 4 members (excludes halogenated alkanes) is 1. The highest BCUT2D eigenvalue weighted by molar-refractivity contribution is 5.92. The number of hydrogen-bond donors (Lipinski definition) is 5. The molecule has 1 aliphatic heterocycles. The smallest absolute Gasteiger partial charge is 0.326 e. The molecule has 0 bridgehead atoms. The summed E-state index contributed by atoms with van der Waals surface area (Å²) in [5.74, 6) is -2.61. The fourth-order valence-corrected chi connectivity index (χ4v) is 2.95. The van der Waals surface area contributed by atoms with Gasteiger partial charge in [0.1, 0.15) is 12.1 Å². The molecule has 1 heterocycles. The lowest BCUT2D eigenvalue weighted by atomic mass is 10.1. The second kappa shape index (κ2) is 10.7. The zero-order chi connectivity index (χ0) is 19.7. The van der Waals surface area contributed by atoms with Crippen LogP contribution in [0.15, 0.2) is 0 Å². The van der Waals surface area contributed by atoms with Gasteiger partial charge in [0.2, 0.25) is 17.7 Å². The summed E-state index contributed by atoms with van der Waals surface area (Å²) in [5.41, 5.74) is 16.3. The third-order valence-corrected chi connectivity index (χ3v) is 4.42. The number of carbonyl (C=O) groups is 4. The van der Waals surface area contributed by atoms with Crippen LogP contribution in [0.1, 0.15) is 44.9 Å². The third-order valence-electron chi connectivity index (χ3n) is 4.42. The van der Waals surface area contributed by atoms with Gasteiger partial charge in [-0.25, -0.2) is 4.79 Å². The Morgan fingerprint density at radius 3 is 2.46 bits per heavy atom. The molecule has 1 fully saturated rings. The normalized spacial score (nSPS) is 19.0. The third kappa shape index (κ3) is 6.60. The van der Waals surface area contributed by atoms with E-state index in [1.165, 1.54) is 4.90 Å². The van der Waals surface area contributed by atoms with Gasteiger partial charge in [-0.3, -0.25) is 14.4 Å². The molecule has 1 saturated heterocycles. The summed E-state index contributed by atoms with van der Waals surface area (Å²) >= 11 is 0. The van der Waals surface area contributed by atoms with Crippen molar-refractivity contribution in [2.45, 2.75) is 63.1 Å². The summed E-state index contributed by atoms with van der Waals surface area (Å²) in [6, 6.07) is -2.71. The summed E-state index contributed by atoms with van der Waals surface area (Å²) in [6.45, 7) is 0.793. The molecule has 0 aromatic heterocycles. The van der Waals surface area contributed by atoms with Gasteiger partial charge in [0.25, 0.3) is 0 Å². The van der Waals surface area contributed by atoms with Crippen molar-refractivity contribution < 1.29 is 24.3 Å². The minimum Gasteiger partial charge on any atom is -0.480 e. The van der Waals surface area contributed by atoms with Gasteiger partial charge in [0, 0.05) is 13.0 Å². The first-order chi connectivity index (χ1) is 12.3. The number of rotatable bonds is 11. The predicted molar refractivity (Wildman–Crippen MR) is 93.6 cm³/mol. The second-order valence-corrected chi connectivity index (χ2v) is 6.49. The second-order valence-electron chi connectivity index (χ2n) is 6.49. The van der Waals surface area contributed by atoms with Crippen LogP contribution in [0, 0.1) is 0 Å². The summed E-state index contributed by atoms with van der Waals surface area (Å²) < 4.78 is 0. The van der Waals surface area contributed by atoms with Crippen LogP contribution in [0.25, 0.3) is 0 Å². The number of primary amides is 1. The fourth-order valence-electron chi connectivity index (χ4n) is 2.95. The molecule has 0 radical (unpaired) electrons. The van der Waals surface area contributed by atoms with Gasteiger partial charge in [0.15, 0.2) is 0 Å². The summed E-state index contributed by atoms with van der Waals surface area (Å²) in [7, 11) is 0. The SMILES string of the molecule is NCCCC[C@H](NC(=O)[C@@H](N)CCC(N)=O)C(=O)N1CCC[C@@H]1C(=O)O. The van der Waals surface area contributed by atoms with Gasteiger partial charge in [0.05, 0.1) is 6.04 Å². The van der Waals surface area contributed by atoms with Crippen LogP contribution >= 0.6 is 0 Å². The maximum absolute atomic E-state index is 12.8. The maximum atomic E-state index is 12.8. The van der Waals surface area contributed by atoms with Crippen LogP contribution in [-0.2, 0) is 19.2 Å². The summed E-state index contributed by atoms with van der Waals surface area (Å²) in [6.07, 6.45) is 2.66. The molecule has 0 spiro atoms. The standard InChI is InChI=1S/C16H29N5O5/c17-8-2-1-4-11(20-14(23)10(18)6-7-13(19)22)15(24)21-9-3-5-12(21)16(25)26/h10-12H,1-9,17-18H2,(H2,19,22)(H,20,23)(H,25,26)/t10-,11-,12+/m0/s1. The van der Waals surface area contributed by atoms with Crippen molar-refractivity contribution in [3.63, 3.8) is 0 Å². The molecule has 148 valence electrons. The van der Waals surface area contributed by atoms with E-state index in [-0.39, 0.29) is 12.8 Å². The first-order valence-electron chi connectivity index (χ1n) is 8.85. The molecular formula is C16H29N5O5. The first kappa shape index (κ1) is 21.8. The highest BCUT2D eigenvalue weighted by atomic mass is 16.4. The van der Waals surface area contributed by atoms with Crippen molar-refractivity contribution in [3.8, 4) is 0 Å². The number of hydrogen-bond acceptors (Lipinski definition) is 6. The van der Waals surface area contributed by atoms with Crippen LogP contribution in [0.4, 0.5) is 0 Å². The molecule has 3 amide bonds. The predicted octanol–water partition coefficient (Wildman–Crippen LogP) is -1.73. The molecule has 1 aliphatic rings. The van der Waals surface area contributed by atoms with Crippen molar-refractivity contribution in [2.75, 3.05) is 13.1 Å². The molecule has 1 rings (SSSR count). The molecule has 0 unspecified atom stereocenters. The molecule has 10 nitrogen and oxygen atoms in total. The number of amides is 3. The molecule has 0 aliphatic carbocycles. The van der Waals surface area contributed by atoms with E-state index in [1.807, 2.05) is 0 Å². The Labute approximate surface area is 152 Å². The topological polar surface area (TPSA) is 182 Å². The van der Waals surface area contributed by atoms with Crippen LogP contribution in [0.5, 0.6) is 0 Å². The van der Waals surface area contributed by atoms with Crippen molar-refractivity contribution in [3.05, 3.63) is 0 Å². The Bertz CT molecular complexity index is 527. The Balaban J connectivity index is 2.76. The van der Waals surface area contributed by atoms with E-state index in [0.29, 0.717) is 45.2 Å². The van der Waals surface area contributed by atoms with Crippen molar-refractivity contribution in [1.82, 2.24) is 10.2 Å². The number of aliphatic carboxylic acids is 1. The van der Waals surface area contributed by atoms with E-state index in [2.05, 4.69) is 5.32 Å². The molecular weight excluding hydrogens is 342 g/mol. The highest BCUT2D eigenvalue weighted by Crippen LogP contribution is 2.20. The van der Waals surface area contributed by atoms with E-state index >= 15 is 0 Å². The largest absolute Gasteiger partial charge is 0.480 e. The summed E-state index contributed by atoms with van der Waals surface area (Å²) in [5, 5.41) is 11.9. The van der Waals surface area contributed by atoms with Crippen LogP contribution < -0.4 is 22.5 Å². The number of carboxylic acid groups (broad SMARTS) is 1. The van der Waals surface area contributed by atoms with Gasteiger partial charge < -0.3 is 32.5 Å². The highest BCUT2D eigenvalue weighted by Gasteiger charge is 2.37. The number of likely N-dealkylation sites (tertiary alicyclic amines) is 1. The molecule has 26 heavy (non-hydrogen) atoms. The van der Waals surface area contributed by atoms with E-state index < -0.39 is 41.8 Å². The number of nitrogens with zero attached hydrogens (tertiary/aromatic N) is 1. The van der Waals surface area contributed by atoms with E-state index in [0.717, 1.165) is 0 Å². The molecule has 0 saturated carbocycles. The Morgan fingerprint density at radius 2 is 1.88 bits per heavy atom. The van der Waals surface area contributed by atoms with Gasteiger partial charge in [-0.2, -0.15) is 0 Å². The van der Waals surface area contributed by atoms with Gasteiger partial charge >= 0.3 is 5.97 Å². The van der Waals surface area contributed by atoms with Crippen LogP contribution in [0.2, 0.25) is 0 Å². The monoisotopic (exact) mass is 371 g/mol. The van der Waals surface area contributed by atoms with E-state index in [4.69, 9.17) is 17.2 Å². The lowest BCUT2D eigenvalue weighted by Gasteiger charge is -2.28. The van der Waals surface area contributed by atoms with E-state index in [1.54, 1.807) is 0 Å². The maximum Gasteiger partial charge on any atom is 0.326 e. The zero-order valence-electron chi connectivity index (χ0n) is 14.9. The Morgan fingerprint density at radius 1 is 1.19 bits per heavy atom. The number of carbonyl (C=O) groups excluding carboxylic acids is 3. The average Bonchev–Trinajstić information content (AvgIpc) is 3.08. The molecule has 0 aromatic rings. The van der Waals surface area contributed by atoms with Crippen LogP contribution in [-0.4, -0.2) is 64.9 Å². The first-order valence-corrected chi connectivity index (χ1v) is 8.85. The average molecular weight is 371 g/mol. The van der Waals surface area contributed by atoms with Crippen molar-refractivity contribution >= 4 is 23.7 Å². The number of nitrogens with two attached hydrogens (primary N) is 3. The lowest BCUT2D eigenvalue weighted by Crippen LogP contribution is -2.54. The molecule has 0 aromatic carbocycles. The van der Waals surface area contributed by atoms with Gasteiger partial charge in [-0.05, 0) is 45.1 Å². The van der Waals surface area contributed by atoms with E-state index in [9.17, 15) is 24.3 Å². The van der Waals surface area contributed by atoms with Crippen molar-refractivity contribution in [1.29, 1.82) is 0 Å². The van der Waals surface area contributed by atoms with Crippen LogP contribution in [0.3, 0.4) is 0 Å². The Kier molecular flexibility index (Phi) is 9.00. The number of carboxylic acids is 1. The minimum absolute atomic E-state index is 0.0341.